The van der Waals surface area contributed by atoms with Crippen LogP contribution in [0, 0.1) is 0 Å². The van der Waals surface area contributed by atoms with Gasteiger partial charge in [-0.2, -0.15) is 0 Å². The van der Waals surface area contributed by atoms with E-state index in [0.717, 1.165) is 16.2 Å². The Morgan fingerprint density at radius 3 is 2.39 bits per heavy atom. The molecule has 0 bridgehead atoms. The third-order valence-electron chi connectivity index (χ3n) is 5.95. The van der Waals surface area contributed by atoms with Gasteiger partial charge in [-0.05, 0) is 59.2 Å². The van der Waals surface area contributed by atoms with Crippen molar-refractivity contribution in [1.29, 1.82) is 0 Å². The number of hydroxylamine groups is 2. The van der Waals surface area contributed by atoms with Crippen LogP contribution in [0.2, 0.25) is 5.02 Å². The second-order valence-electron chi connectivity index (χ2n) is 8.63. The van der Waals surface area contributed by atoms with Crippen LogP contribution in [0.5, 0.6) is 5.75 Å². The molecule has 2 N–H and O–H groups in total. The maximum absolute atomic E-state index is 13.2. The first-order valence-corrected chi connectivity index (χ1v) is 12.0. The molecule has 0 aliphatic rings. The Balaban J connectivity index is 1.41. The predicted molar refractivity (Wildman–Crippen MR) is 139 cm³/mol. The number of halogens is 1. The van der Waals surface area contributed by atoms with Crippen LogP contribution in [0.25, 0.3) is 16.8 Å². The number of carbonyl (C=O) groups is 2. The summed E-state index contributed by atoms with van der Waals surface area (Å²) in [6.07, 6.45) is 6.28. The number of aromatic nitrogens is 2. The number of furan rings is 1. The van der Waals surface area contributed by atoms with E-state index in [9.17, 15) is 19.8 Å². The highest BCUT2D eigenvalue weighted by Gasteiger charge is 2.31. The van der Waals surface area contributed by atoms with Crippen LogP contribution < -0.4 is 0 Å². The minimum Gasteiger partial charge on any atom is -0.508 e. The van der Waals surface area contributed by atoms with Gasteiger partial charge in [-0.1, -0.05) is 35.9 Å². The number of pyridine rings is 1. The molecule has 5 rings (SSSR count). The number of hydrogen-bond acceptors (Lipinski definition) is 7. The van der Waals surface area contributed by atoms with Crippen molar-refractivity contribution >= 4 is 29.2 Å². The molecule has 38 heavy (non-hydrogen) atoms. The lowest BCUT2D eigenvalue weighted by molar-refractivity contribution is -0.175. The second-order valence-corrected chi connectivity index (χ2v) is 9.06. The molecule has 0 aliphatic heterocycles. The summed E-state index contributed by atoms with van der Waals surface area (Å²) in [4.78, 5) is 35.4. The smallest absolute Gasteiger partial charge is 0.377 e. The molecule has 2 aromatic carbocycles. The molecule has 0 fully saturated rings. The minimum atomic E-state index is -1.22. The number of benzene rings is 2. The van der Waals surface area contributed by atoms with Crippen LogP contribution >= 0.6 is 11.6 Å². The van der Waals surface area contributed by atoms with Gasteiger partial charge in [0.1, 0.15) is 17.4 Å². The van der Waals surface area contributed by atoms with Gasteiger partial charge in [0.15, 0.2) is 5.69 Å². The zero-order valence-corrected chi connectivity index (χ0v) is 20.7. The standard InChI is InChI=1S/C28H22ClN3O6/c29-22-6-3-20(4-7-22)21-5-10-26-30-24(16-31(26)15-21)28(36)38-32(14-19-11-12-37-17-19)25(27(34)35)13-18-1-8-23(33)9-2-18/h1-12,15-17,25,33H,13-14H2,(H,34,35)/t25-/m0/s1. The molecular weight excluding hydrogens is 510 g/mol. The van der Waals surface area contributed by atoms with Gasteiger partial charge in [0.25, 0.3) is 0 Å². The Hall–Kier alpha value is -4.60. The molecule has 0 radical (unpaired) electrons. The van der Waals surface area contributed by atoms with E-state index in [1.165, 1.54) is 30.9 Å². The summed E-state index contributed by atoms with van der Waals surface area (Å²) in [5.41, 5.74) is 3.65. The number of aliphatic carboxylic acids is 1. The van der Waals surface area contributed by atoms with Crippen molar-refractivity contribution in [3.8, 4) is 16.9 Å². The maximum Gasteiger partial charge on any atom is 0.377 e. The average molecular weight is 532 g/mol. The zero-order chi connectivity index (χ0) is 26.6. The van der Waals surface area contributed by atoms with Crippen LogP contribution in [-0.2, 0) is 22.6 Å². The number of rotatable bonds is 9. The third-order valence-corrected chi connectivity index (χ3v) is 6.21. The summed E-state index contributed by atoms with van der Waals surface area (Å²) >= 11 is 5.99. The number of fused-ring (bicyclic) bond motifs is 1. The van der Waals surface area contributed by atoms with Gasteiger partial charge in [-0.25, -0.2) is 9.78 Å². The van der Waals surface area contributed by atoms with E-state index in [1.54, 1.807) is 40.8 Å². The lowest BCUT2D eigenvalue weighted by Crippen LogP contribution is -2.43. The second kappa shape index (κ2) is 10.8. The van der Waals surface area contributed by atoms with Gasteiger partial charge in [0.2, 0.25) is 0 Å². The molecule has 3 heterocycles. The van der Waals surface area contributed by atoms with E-state index in [1.807, 2.05) is 24.4 Å². The van der Waals surface area contributed by atoms with Gasteiger partial charge in [-0.15, -0.1) is 5.06 Å². The number of hydrogen-bond donors (Lipinski definition) is 2. The molecule has 0 amide bonds. The van der Waals surface area contributed by atoms with E-state index in [0.29, 0.717) is 21.8 Å². The Morgan fingerprint density at radius 1 is 0.974 bits per heavy atom. The van der Waals surface area contributed by atoms with Crippen molar-refractivity contribution in [2.24, 2.45) is 0 Å². The fraction of sp³-hybridized carbons (Fsp3) is 0.107. The number of carboxylic acids is 1. The maximum atomic E-state index is 13.2. The van der Waals surface area contributed by atoms with Crippen LogP contribution in [0.1, 0.15) is 21.6 Å². The fourth-order valence-corrected chi connectivity index (χ4v) is 4.12. The van der Waals surface area contributed by atoms with Crippen molar-refractivity contribution in [3.63, 3.8) is 0 Å². The molecule has 0 aliphatic carbocycles. The Bertz CT molecular complexity index is 1560. The molecule has 9 nitrogen and oxygen atoms in total. The van der Waals surface area contributed by atoms with Crippen LogP contribution in [0.4, 0.5) is 0 Å². The first kappa shape index (κ1) is 25.1. The number of aromatic hydroxyl groups is 1. The lowest BCUT2D eigenvalue weighted by Gasteiger charge is -2.26. The van der Waals surface area contributed by atoms with Gasteiger partial charge < -0.3 is 23.9 Å². The molecule has 5 aromatic rings. The first-order chi connectivity index (χ1) is 18.4. The SMILES string of the molecule is O=C(ON(Cc1ccoc1)[C@@H](Cc1ccc(O)cc1)C(=O)O)c1cn2cc(-c3ccc(Cl)cc3)ccc2n1. The molecule has 0 spiro atoms. The van der Waals surface area contributed by atoms with Crippen molar-refractivity contribution in [2.75, 3.05) is 0 Å². The highest BCUT2D eigenvalue weighted by molar-refractivity contribution is 6.30. The summed E-state index contributed by atoms with van der Waals surface area (Å²) in [6.45, 7) is -0.0224. The highest BCUT2D eigenvalue weighted by Crippen LogP contribution is 2.23. The monoisotopic (exact) mass is 531 g/mol. The van der Waals surface area contributed by atoms with Crippen LogP contribution in [0.15, 0.2) is 96.1 Å². The Morgan fingerprint density at radius 2 is 1.71 bits per heavy atom. The summed E-state index contributed by atoms with van der Waals surface area (Å²) in [5, 5.41) is 21.3. The van der Waals surface area contributed by atoms with Crippen LogP contribution in [0.3, 0.4) is 0 Å². The third kappa shape index (κ3) is 5.69. The van der Waals surface area contributed by atoms with Crippen molar-refractivity contribution in [1.82, 2.24) is 14.4 Å². The molecular formula is C28H22ClN3O6. The molecule has 3 aromatic heterocycles. The van der Waals surface area contributed by atoms with Gasteiger partial charge >= 0.3 is 11.9 Å². The summed E-state index contributed by atoms with van der Waals surface area (Å²) in [7, 11) is 0. The van der Waals surface area contributed by atoms with Crippen molar-refractivity contribution in [2.45, 2.75) is 19.0 Å². The lowest BCUT2D eigenvalue weighted by atomic mass is 10.1. The fourth-order valence-electron chi connectivity index (χ4n) is 3.99. The topological polar surface area (TPSA) is 118 Å². The predicted octanol–water partition coefficient (Wildman–Crippen LogP) is 5.22. The first-order valence-electron chi connectivity index (χ1n) is 11.6. The van der Waals surface area contributed by atoms with E-state index >= 15 is 0 Å². The Kier molecular flexibility index (Phi) is 7.12. The Labute approximate surface area is 222 Å². The summed E-state index contributed by atoms with van der Waals surface area (Å²) < 4.78 is 6.81. The number of nitrogens with zero attached hydrogens (tertiary/aromatic N) is 3. The van der Waals surface area contributed by atoms with E-state index in [2.05, 4.69) is 4.98 Å². The van der Waals surface area contributed by atoms with E-state index in [-0.39, 0.29) is 24.4 Å². The van der Waals surface area contributed by atoms with E-state index < -0.39 is 18.0 Å². The van der Waals surface area contributed by atoms with Crippen molar-refractivity contribution in [3.05, 3.63) is 113 Å². The quantitative estimate of drug-likeness (QED) is 0.248. The number of carbonyl (C=O) groups excluding carboxylic acids is 1. The molecule has 10 heteroatoms. The zero-order valence-electron chi connectivity index (χ0n) is 19.9. The minimum absolute atomic E-state index is 0.0178. The normalized spacial score (nSPS) is 12.1. The average Bonchev–Trinajstić information content (AvgIpc) is 3.58. The van der Waals surface area contributed by atoms with Gasteiger partial charge in [0.05, 0.1) is 19.1 Å². The van der Waals surface area contributed by atoms with Crippen LogP contribution in [-0.4, -0.2) is 42.6 Å². The van der Waals surface area contributed by atoms with Gasteiger partial charge in [0, 0.05) is 29.4 Å². The number of imidazole rings is 1. The molecule has 0 unspecified atom stereocenters. The largest absolute Gasteiger partial charge is 0.508 e. The molecule has 192 valence electrons. The molecule has 0 saturated carbocycles. The van der Waals surface area contributed by atoms with Crippen molar-refractivity contribution < 1.29 is 29.1 Å². The molecule has 1 atom stereocenters. The van der Waals surface area contributed by atoms with Gasteiger partial charge in [-0.3, -0.25) is 4.79 Å². The molecule has 0 saturated heterocycles. The number of phenols is 1. The summed E-state index contributed by atoms with van der Waals surface area (Å²) in [6, 6.07) is 17.6. The summed E-state index contributed by atoms with van der Waals surface area (Å²) in [5.74, 6) is -1.92. The number of carboxylic acid groups (broad SMARTS) is 1. The van der Waals surface area contributed by atoms with E-state index in [4.69, 9.17) is 20.9 Å². The highest BCUT2D eigenvalue weighted by atomic mass is 35.5. The number of phenolic OH excluding ortho intramolecular Hbond substituents is 1.